The van der Waals surface area contributed by atoms with Crippen molar-refractivity contribution in [1.82, 2.24) is 0 Å². The number of thioether (sulfide) groups is 1. The molecule has 0 aliphatic carbocycles. The van der Waals surface area contributed by atoms with Crippen molar-refractivity contribution in [2.45, 2.75) is 172 Å². The van der Waals surface area contributed by atoms with Crippen molar-refractivity contribution >= 4 is 29.7 Å². The summed E-state index contributed by atoms with van der Waals surface area (Å²) in [5, 5.41) is 29.4. The Labute approximate surface area is 313 Å². The fourth-order valence-corrected chi connectivity index (χ4v) is 6.30. The van der Waals surface area contributed by atoms with Crippen molar-refractivity contribution in [3.8, 4) is 0 Å². The number of aliphatic hydroxyl groups excluding tert-OH is 2. The molecule has 0 aliphatic rings. The Morgan fingerprint density at radius 2 is 1.27 bits per heavy atom. The average Bonchev–Trinajstić information content (AvgIpc) is 3.11. The number of nitrogens with two attached hydrogens (primary N) is 1. The molecule has 0 radical (unpaired) electrons. The van der Waals surface area contributed by atoms with E-state index in [9.17, 15) is 24.6 Å². The zero-order valence-corrected chi connectivity index (χ0v) is 32.6. The highest BCUT2D eigenvalue weighted by Gasteiger charge is 2.23. The molecule has 5 N–H and O–H groups in total. The molecule has 10 heteroatoms. The SMILES string of the molecule is CCCCC/C=C\C\C=C/C=C/C=C/[C@@H](SC[C@H](N)C(=O)OC[C@H](O)COC(=O)CCCCCCCCCCCCCC)[C@@H](O)CCCC(=O)O. The highest BCUT2D eigenvalue weighted by atomic mass is 32.2. The smallest absolute Gasteiger partial charge is 0.323 e. The van der Waals surface area contributed by atoms with E-state index in [1.165, 1.54) is 88.8 Å². The lowest BCUT2D eigenvalue weighted by Gasteiger charge is -2.21. The number of aliphatic carboxylic acids is 1. The number of carbonyl (C=O) groups is 3. The summed E-state index contributed by atoms with van der Waals surface area (Å²) < 4.78 is 10.3. The van der Waals surface area contributed by atoms with Crippen LogP contribution in [0.2, 0.25) is 0 Å². The van der Waals surface area contributed by atoms with Gasteiger partial charge in [-0.3, -0.25) is 14.4 Å². The van der Waals surface area contributed by atoms with Gasteiger partial charge in [0.1, 0.15) is 25.4 Å². The molecule has 0 saturated heterocycles. The number of rotatable bonds is 35. The van der Waals surface area contributed by atoms with E-state index >= 15 is 0 Å². The summed E-state index contributed by atoms with van der Waals surface area (Å²) in [6, 6.07) is -1.01. The van der Waals surface area contributed by atoms with Gasteiger partial charge < -0.3 is 30.5 Å². The molecule has 0 aromatic rings. The third kappa shape index (κ3) is 33.2. The highest BCUT2D eigenvalue weighted by Crippen LogP contribution is 2.21. The molecule has 0 fully saturated rings. The van der Waals surface area contributed by atoms with Crippen molar-refractivity contribution in [3.05, 3.63) is 48.6 Å². The number of esters is 2. The van der Waals surface area contributed by atoms with Gasteiger partial charge in [-0.25, -0.2) is 0 Å². The van der Waals surface area contributed by atoms with Crippen molar-refractivity contribution in [2.75, 3.05) is 19.0 Å². The second-order valence-corrected chi connectivity index (χ2v) is 14.5. The normalized spacial score (nSPS) is 14.5. The van der Waals surface area contributed by atoms with Gasteiger partial charge in [-0.15, -0.1) is 11.8 Å². The van der Waals surface area contributed by atoms with Crippen molar-refractivity contribution in [1.29, 1.82) is 0 Å². The zero-order chi connectivity index (χ0) is 37.8. The monoisotopic (exact) mass is 737 g/mol. The van der Waals surface area contributed by atoms with Gasteiger partial charge in [0.05, 0.1) is 6.10 Å². The van der Waals surface area contributed by atoms with Gasteiger partial charge in [0, 0.05) is 23.8 Å². The maximum absolute atomic E-state index is 12.5. The Morgan fingerprint density at radius 1 is 0.686 bits per heavy atom. The van der Waals surface area contributed by atoms with Crippen LogP contribution in [0.4, 0.5) is 0 Å². The minimum atomic E-state index is -1.16. The van der Waals surface area contributed by atoms with Crippen LogP contribution < -0.4 is 5.73 Å². The Kier molecular flexibility index (Phi) is 34.3. The Morgan fingerprint density at radius 3 is 1.92 bits per heavy atom. The summed E-state index contributed by atoms with van der Waals surface area (Å²) in [7, 11) is 0. The van der Waals surface area contributed by atoms with E-state index < -0.39 is 35.4 Å². The van der Waals surface area contributed by atoms with Crippen molar-refractivity contribution < 1.29 is 39.2 Å². The molecule has 0 saturated carbocycles. The molecular formula is C41H71NO8S. The van der Waals surface area contributed by atoms with Crippen LogP contribution in [0.5, 0.6) is 0 Å². The molecular weight excluding hydrogens is 667 g/mol. The Balaban J connectivity index is 4.41. The van der Waals surface area contributed by atoms with E-state index in [2.05, 4.69) is 32.1 Å². The fourth-order valence-electron chi connectivity index (χ4n) is 5.17. The molecule has 0 amide bonds. The number of carboxylic acids is 1. The van der Waals surface area contributed by atoms with Crippen molar-refractivity contribution in [2.24, 2.45) is 5.73 Å². The Bertz CT molecular complexity index is 983. The number of aliphatic hydroxyl groups is 2. The molecule has 0 aliphatic heterocycles. The second-order valence-electron chi connectivity index (χ2n) is 13.3. The third-order valence-electron chi connectivity index (χ3n) is 8.31. The summed E-state index contributed by atoms with van der Waals surface area (Å²) >= 11 is 1.27. The maximum atomic E-state index is 12.5. The molecule has 0 heterocycles. The van der Waals surface area contributed by atoms with Crippen molar-refractivity contribution in [3.63, 3.8) is 0 Å². The summed E-state index contributed by atoms with van der Waals surface area (Å²) in [6.07, 6.45) is 34.8. The maximum Gasteiger partial charge on any atom is 0.323 e. The number of carboxylic acid groups (broad SMARTS) is 1. The van der Waals surface area contributed by atoms with Gasteiger partial charge in [-0.1, -0.05) is 146 Å². The molecule has 0 spiro atoms. The first-order chi connectivity index (χ1) is 24.7. The lowest BCUT2D eigenvalue weighted by atomic mass is 10.0. The molecule has 0 bridgehead atoms. The van der Waals surface area contributed by atoms with Gasteiger partial charge >= 0.3 is 17.9 Å². The minimum Gasteiger partial charge on any atom is -0.481 e. The third-order valence-corrected chi connectivity index (χ3v) is 9.72. The highest BCUT2D eigenvalue weighted by molar-refractivity contribution is 8.00. The zero-order valence-electron chi connectivity index (χ0n) is 31.8. The molecule has 0 aromatic carbocycles. The summed E-state index contributed by atoms with van der Waals surface area (Å²) in [5.41, 5.74) is 6.04. The van der Waals surface area contributed by atoms with Gasteiger partial charge in [0.2, 0.25) is 0 Å². The first kappa shape index (κ1) is 48.6. The first-order valence-corrected chi connectivity index (χ1v) is 20.7. The molecule has 4 atom stereocenters. The first-order valence-electron chi connectivity index (χ1n) is 19.6. The number of hydrogen-bond donors (Lipinski definition) is 4. The predicted octanol–water partition coefficient (Wildman–Crippen LogP) is 8.77. The van der Waals surface area contributed by atoms with Crippen LogP contribution in [0, 0.1) is 0 Å². The minimum absolute atomic E-state index is 0.0429. The number of hydrogen-bond acceptors (Lipinski definition) is 9. The van der Waals surface area contributed by atoms with E-state index in [0.29, 0.717) is 12.8 Å². The lowest BCUT2D eigenvalue weighted by molar-refractivity contribution is -0.153. The number of unbranched alkanes of at least 4 members (excludes halogenated alkanes) is 14. The van der Waals surface area contributed by atoms with Crippen LogP contribution in [0.3, 0.4) is 0 Å². The average molecular weight is 738 g/mol. The molecule has 9 nitrogen and oxygen atoms in total. The predicted molar refractivity (Wildman–Crippen MR) is 211 cm³/mol. The molecule has 0 rings (SSSR count). The molecule has 294 valence electrons. The molecule has 0 aromatic heterocycles. The topological polar surface area (TPSA) is 156 Å². The standard InChI is InChI=1S/C41H71NO8S/c1-3-5-7-9-11-13-15-17-19-21-23-25-29-38(37(44)28-27-30-39(45)46)51-34-36(42)41(48)50-33-35(43)32-49-40(47)31-26-24-22-20-18-16-14-12-10-8-6-4-2/h11,13,17,19,21,23,25,29,35-38,43-44H,3-10,12,14-16,18,20,22,24,26-28,30-34,42H2,1-2H3,(H,45,46)/b13-11-,19-17-,23-21+,29-25+/t35-,36+,37+,38-/m1/s1. The fraction of sp³-hybridized carbons (Fsp3) is 0.732. The van der Waals surface area contributed by atoms with E-state index in [1.807, 2.05) is 30.4 Å². The number of allylic oxidation sites excluding steroid dienone is 7. The van der Waals surface area contributed by atoms with Gasteiger partial charge in [-0.2, -0.15) is 0 Å². The van der Waals surface area contributed by atoms with Crippen LogP contribution in [0.15, 0.2) is 48.6 Å². The number of ether oxygens (including phenoxy) is 2. The van der Waals surface area contributed by atoms with E-state index in [0.717, 1.165) is 32.1 Å². The van der Waals surface area contributed by atoms with Gasteiger partial charge in [0.15, 0.2) is 0 Å². The summed E-state index contributed by atoms with van der Waals surface area (Å²) in [5.74, 6) is -1.87. The van der Waals surface area contributed by atoms with E-state index in [1.54, 1.807) is 0 Å². The lowest BCUT2D eigenvalue weighted by Crippen LogP contribution is -2.38. The van der Waals surface area contributed by atoms with Crippen LogP contribution in [0.1, 0.15) is 149 Å². The van der Waals surface area contributed by atoms with E-state index in [4.69, 9.17) is 20.3 Å². The van der Waals surface area contributed by atoms with Crippen LogP contribution in [-0.2, 0) is 23.9 Å². The number of carbonyl (C=O) groups excluding carboxylic acids is 2. The quantitative estimate of drug-likeness (QED) is 0.0215. The summed E-state index contributed by atoms with van der Waals surface area (Å²) in [4.78, 5) is 35.4. The molecule has 0 unspecified atom stereocenters. The van der Waals surface area contributed by atoms with Crippen LogP contribution in [-0.4, -0.2) is 75.7 Å². The Hall–Kier alpha value is -2.40. The molecule has 51 heavy (non-hydrogen) atoms. The van der Waals surface area contributed by atoms with Crippen LogP contribution in [0.25, 0.3) is 0 Å². The van der Waals surface area contributed by atoms with E-state index in [-0.39, 0.29) is 37.8 Å². The van der Waals surface area contributed by atoms with Crippen LogP contribution >= 0.6 is 11.8 Å². The summed E-state index contributed by atoms with van der Waals surface area (Å²) in [6.45, 7) is 3.82. The largest absolute Gasteiger partial charge is 0.481 e. The second kappa shape index (κ2) is 36.0. The van der Waals surface area contributed by atoms with Gasteiger partial charge in [-0.05, 0) is 38.5 Å². The van der Waals surface area contributed by atoms with Gasteiger partial charge in [0.25, 0.3) is 0 Å².